The molecule has 0 fully saturated rings. The molecule has 1 N–H and O–H groups in total. The van der Waals surface area contributed by atoms with E-state index < -0.39 is 0 Å². The summed E-state index contributed by atoms with van der Waals surface area (Å²) in [4.78, 5) is 2.30. The number of hydrogen-bond donors (Lipinski definition) is 1. The molecular weight excluding hydrogens is 118 g/mol. The quantitative estimate of drug-likeness (QED) is 0.555. The van der Waals surface area contributed by atoms with Gasteiger partial charge in [-0.1, -0.05) is 0 Å². The Morgan fingerprint density at radius 2 is 2.38 bits per heavy atom. The molecule has 1 rings (SSSR count). The van der Waals surface area contributed by atoms with Crippen LogP contribution in [0.25, 0.3) is 0 Å². The maximum atomic E-state index is 6.84. The van der Waals surface area contributed by atoms with E-state index in [4.69, 9.17) is 5.41 Å². The number of aryl methyl sites for hydroxylation is 1. The number of nitrogens with one attached hydrogen (secondary N) is 1. The Labute approximate surface area is 52.5 Å². The van der Waals surface area contributed by atoms with Gasteiger partial charge in [-0.3, -0.25) is 0 Å². The Kier molecular flexibility index (Phi) is 1.44. The highest BCUT2D eigenvalue weighted by molar-refractivity contribution is 7.13. The van der Waals surface area contributed by atoms with Crippen molar-refractivity contribution >= 4 is 17.6 Å². The molecule has 0 bridgehead atoms. The van der Waals surface area contributed by atoms with Crippen LogP contribution in [0.3, 0.4) is 0 Å². The van der Waals surface area contributed by atoms with Crippen LogP contribution >= 0.6 is 11.3 Å². The third kappa shape index (κ3) is 0.954. The first-order chi connectivity index (χ1) is 3.83. The summed E-state index contributed by atoms with van der Waals surface area (Å²) in [6.45, 7) is 2.04. The van der Waals surface area contributed by atoms with Gasteiger partial charge in [-0.05, 0) is 19.1 Å². The number of rotatable bonds is 1. The lowest BCUT2D eigenvalue weighted by atomic mass is 10.4. The Morgan fingerprint density at radius 3 is 2.62 bits per heavy atom. The Balaban J connectivity index is 3.00. The van der Waals surface area contributed by atoms with Crippen LogP contribution in [0, 0.1) is 12.3 Å². The molecule has 0 aliphatic rings. The van der Waals surface area contributed by atoms with Crippen molar-refractivity contribution in [2.75, 3.05) is 0 Å². The lowest BCUT2D eigenvalue weighted by Crippen LogP contribution is -1.61. The molecule has 0 aromatic carbocycles. The van der Waals surface area contributed by atoms with Gasteiger partial charge in [0.25, 0.3) is 0 Å². The summed E-state index contributed by atoms with van der Waals surface area (Å²) in [6.07, 6.45) is 1.37. The van der Waals surface area contributed by atoms with E-state index in [1.165, 1.54) is 11.1 Å². The second kappa shape index (κ2) is 2.09. The molecule has 1 aromatic rings. The zero-order valence-electron chi connectivity index (χ0n) is 4.64. The van der Waals surface area contributed by atoms with Gasteiger partial charge in [0.1, 0.15) is 0 Å². The molecule has 0 spiro atoms. The van der Waals surface area contributed by atoms with Gasteiger partial charge in [0.15, 0.2) is 0 Å². The summed E-state index contributed by atoms with van der Waals surface area (Å²) in [5.41, 5.74) is 0. The number of thiophene rings is 1. The molecule has 0 radical (unpaired) electrons. The molecule has 0 amide bonds. The Hall–Kier alpha value is -0.630. The summed E-state index contributed by atoms with van der Waals surface area (Å²) in [7, 11) is 0. The third-order valence-electron chi connectivity index (χ3n) is 0.903. The minimum Gasteiger partial charge on any atom is -0.307 e. The molecule has 0 unspecified atom stereocenters. The van der Waals surface area contributed by atoms with Crippen molar-refractivity contribution in [2.24, 2.45) is 0 Å². The highest BCUT2D eigenvalue weighted by Crippen LogP contribution is 2.11. The van der Waals surface area contributed by atoms with Crippen molar-refractivity contribution in [3.05, 3.63) is 21.9 Å². The van der Waals surface area contributed by atoms with E-state index in [-0.39, 0.29) is 0 Å². The molecule has 0 saturated heterocycles. The highest BCUT2D eigenvalue weighted by Gasteiger charge is 1.88. The zero-order valence-corrected chi connectivity index (χ0v) is 5.46. The van der Waals surface area contributed by atoms with E-state index in [0.29, 0.717) is 0 Å². The van der Waals surface area contributed by atoms with Crippen LogP contribution in [-0.2, 0) is 0 Å². The predicted molar refractivity (Wildman–Crippen MR) is 36.9 cm³/mol. The molecule has 1 aromatic heterocycles. The fraction of sp³-hybridized carbons (Fsp3) is 0.167. The lowest BCUT2D eigenvalue weighted by Gasteiger charge is -1.73. The summed E-state index contributed by atoms with van der Waals surface area (Å²) >= 11 is 1.64. The summed E-state index contributed by atoms with van der Waals surface area (Å²) < 4.78 is 0. The van der Waals surface area contributed by atoms with Crippen molar-refractivity contribution in [2.45, 2.75) is 6.92 Å². The molecule has 42 valence electrons. The van der Waals surface area contributed by atoms with Gasteiger partial charge in [-0.15, -0.1) is 11.3 Å². The van der Waals surface area contributed by atoms with Crippen molar-refractivity contribution in [1.29, 1.82) is 5.41 Å². The van der Waals surface area contributed by atoms with Gasteiger partial charge in [-0.2, -0.15) is 0 Å². The normalized spacial score (nSPS) is 9.12. The lowest BCUT2D eigenvalue weighted by molar-refractivity contribution is 1.57. The largest absolute Gasteiger partial charge is 0.307 e. The summed E-state index contributed by atoms with van der Waals surface area (Å²) in [5.74, 6) is 0. The highest BCUT2D eigenvalue weighted by atomic mass is 32.1. The molecule has 0 aliphatic carbocycles. The molecule has 1 heterocycles. The fourth-order valence-electron chi connectivity index (χ4n) is 0.531. The maximum absolute atomic E-state index is 6.84. The Bertz CT molecular complexity index is 190. The van der Waals surface area contributed by atoms with Gasteiger partial charge >= 0.3 is 0 Å². The van der Waals surface area contributed by atoms with E-state index in [0.717, 1.165) is 4.88 Å². The second-order valence-corrected chi connectivity index (χ2v) is 2.91. The molecule has 8 heavy (non-hydrogen) atoms. The predicted octanol–water partition coefficient (Wildman–Crippen LogP) is 2.05. The summed E-state index contributed by atoms with van der Waals surface area (Å²) in [6, 6.07) is 3.97. The molecule has 0 saturated carbocycles. The minimum absolute atomic E-state index is 1.03. The van der Waals surface area contributed by atoms with Crippen LogP contribution in [0.1, 0.15) is 9.75 Å². The van der Waals surface area contributed by atoms with E-state index in [1.807, 2.05) is 19.1 Å². The van der Waals surface area contributed by atoms with Crippen LogP contribution in [0.2, 0.25) is 0 Å². The van der Waals surface area contributed by atoms with Crippen molar-refractivity contribution in [3.63, 3.8) is 0 Å². The van der Waals surface area contributed by atoms with Gasteiger partial charge in [0.05, 0.1) is 0 Å². The standard InChI is InChI=1S/C6H7NS/c1-5-2-3-6(4-7)8-5/h2-4,7H,1H3. The summed E-state index contributed by atoms with van der Waals surface area (Å²) in [5, 5.41) is 6.84. The van der Waals surface area contributed by atoms with E-state index in [2.05, 4.69) is 0 Å². The van der Waals surface area contributed by atoms with E-state index in [1.54, 1.807) is 11.3 Å². The van der Waals surface area contributed by atoms with E-state index in [9.17, 15) is 0 Å². The maximum Gasteiger partial charge on any atom is 0.0448 e. The van der Waals surface area contributed by atoms with Gasteiger partial charge in [0, 0.05) is 16.0 Å². The van der Waals surface area contributed by atoms with Crippen molar-refractivity contribution in [3.8, 4) is 0 Å². The second-order valence-electron chi connectivity index (χ2n) is 1.59. The Morgan fingerprint density at radius 1 is 1.62 bits per heavy atom. The smallest absolute Gasteiger partial charge is 0.0448 e. The first-order valence-corrected chi connectivity index (χ1v) is 3.21. The topological polar surface area (TPSA) is 23.9 Å². The first-order valence-electron chi connectivity index (χ1n) is 2.40. The van der Waals surface area contributed by atoms with Gasteiger partial charge in [0.2, 0.25) is 0 Å². The van der Waals surface area contributed by atoms with Gasteiger partial charge < -0.3 is 5.41 Å². The molecule has 1 nitrogen and oxygen atoms in total. The fourth-order valence-corrected chi connectivity index (χ4v) is 1.23. The van der Waals surface area contributed by atoms with E-state index >= 15 is 0 Å². The van der Waals surface area contributed by atoms with Crippen LogP contribution in [0.15, 0.2) is 12.1 Å². The first kappa shape index (κ1) is 5.51. The monoisotopic (exact) mass is 125 g/mol. The SMILES string of the molecule is Cc1ccc(C=N)s1. The van der Waals surface area contributed by atoms with Crippen LogP contribution in [0.4, 0.5) is 0 Å². The number of hydrogen-bond acceptors (Lipinski definition) is 2. The minimum atomic E-state index is 1.03. The molecule has 0 aliphatic heterocycles. The van der Waals surface area contributed by atoms with Gasteiger partial charge in [-0.25, -0.2) is 0 Å². The van der Waals surface area contributed by atoms with Crippen LogP contribution in [0.5, 0.6) is 0 Å². The van der Waals surface area contributed by atoms with Crippen LogP contribution < -0.4 is 0 Å². The third-order valence-corrected chi connectivity index (χ3v) is 1.85. The average Bonchev–Trinajstić information content (AvgIpc) is 2.14. The van der Waals surface area contributed by atoms with Crippen LogP contribution in [-0.4, -0.2) is 6.21 Å². The van der Waals surface area contributed by atoms with Crippen molar-refractivity contribution in [1.82, 2.24) is 0 Å². The molecular formula is C6H7NS. The average molecular weight is 125 g/mol. The zero-order chi connectivity index (χ0) is 5.98. The molecule has 2 heteroatoms. The van der Waals surface area contributed by atoms with Crippen molar-refractivity contribution < 1.29 is 0 Å². The molecule has 0 atom stereocenters.